The van der Waals surface area contributed by atoms with Crippen LogP contribution < -0.4 is 10.6 Å². The number of benzene rings is 1. The summed E-state index contributed by atoms with van der Waals surface area (Å²) in [5, 5.41) is 5.30. The lowest BCUT2D eigenvalue weighted by atomic mass is 9.97. The minimum atomic E-state index is -0.668. The van der Waals surface area contributed by atoms with Gasteiger partial charge in [0.1, 0.15) is 0 Å². The van der Waals surface area contributed by atoms with Crippen LogP contribution in [-0.4, -0.2) is 36.0 Å². The van der Waals surface area contributed by atoms with Crippen LogP contribution in [0, 0.1) is 0 Å². The molecule has 1 aliphatic carbocycles. The lowest BCUT2D eigenvalue weighted by Gasteiger charge is -2.14. The van der Waals surface area contributed by atoms with E-state index in [0.717, 1.165) is 54.3 Å². The number of ether oxygens (including phenoxy) is 1. The Bertz CT molecular complexity index is 879. The van der Waals surface area contributed by atoms with Crippen molar-refractivity contribution in [1.29, 1.82) is 0 Å². The summed E-state index contributed by atoms with van der Waals surface area (Å²) in [5.74, 6) is -1.23. The number of nitrogens with one attached hydrogen (secondary N) is 2. The van der Waals surface area contributed by atoms with Gasteiger partial charge in [0.15, 0.2) is 6.61 Å². The monoisotopic (exact) mass is 369 g/mol. The first-order valence-corrected chi connectivity index (χ1v) is 9.25. The topological polar surface area (TPSA) is 97.4 Å². The number of hydrogen-bond donors (Lipinski definition) is 2. The molecule has 7 heteroatoms. The zero-order valence-corrected chi connectivity index (χ0v) is 15.3. The zero-order chi connectivity index (χ0) is 19.2. The first-order chi connectivity index (χ1) is 13.1. The molecular formula is C20H23N3O4. The molecule has 0 spiro atoms. The number of hydrogen-bond acceptors (Lipinski definition) is 5. The molecule has 0 fully saturated rings. The second-order valence-corrected chi connectivity index (χ2v) is 6.47. The summed E-state index contributed by atoms with van der Waals surface area (Å²) in [5.41, 5.74) is 3.09. The van der Waals surface area contributed by atoms with E-state index < -0.39 is 24.5 Å². The number of carbonyl (C=O) groups is 3. The smallest absolute Gasteiger partial charge is 0.339 e. The molecule has 1 aromatic carbocycles. The first-order valence-electron chi connectivity index (χ1n) is 9.25. The van der Waals surface area contributed by atoms with Gasteiger partial charge >= 0.3 is 12.0 Å². The number of esters is 1. The summed E-state index contributed by atoms with van der Waals surface area (Å²) >= 11 is 0. The quantitative estimate of drug-likeness (QED) is 0.637. The van der Waals surface area contributed by atoms with Crippen molar-refractivity contribution >= 4 is 28.8 Å². The molecule has 2 aromatic rings. The van der Waals surface area contributed by atoms with E-state index in [4.69, 9.17) is 9.72 Å². The van der Waals surface area contributed by atoms with E-state index in [2.05, 4.69) is 10.6 Å². The summed E-state index contributed by atoms with van der Waals surface area (Å²) < 4.78 is 5.23. The van der Waals surface area contributed by atoms with E-state index in [9.17, 15) is 14.4 Å². The molecule has 0 saturated heterocycles. The lowest BCUT2D eigenvalue weighted by Crippen LogP contribution is -2.41. The van der Waals surface area contributed by atoms with Crippen molar-refractivity contribution < 1.29 is 19.1 Å². The standard InChI is InChI=1S/C20H23N3O4/c1-2-21-20(26)23-17(24)12-27-19(25)18-13-8-4-3-5-10-15(13)22-16-11-7-6-9-14(16)18/h6-7,9,11H,2-5,8,10,12H2,1H3,(H2,21,23,24,26). The molecule has 1 heterocycles. The summed E-state index contributed by atoms with van der Waals surface area (Å²) in [6, 6.07) is 6.85. The number of imide groups is 1. The Labute approximate surface area is 157 Å². The predicted molar refractivity (Wildman–Crippen MR) is 100 cm³/mol. The van der Waals surface area contributed by atoms with Crippen LogP contribution in [0.25, 0.3) is 10.9 Å². The van der Waals surface area contributed by atoms with Crippen molar-refractivity contribution in [1.82, 2.24) is 15.6 Å². The minimum absolute atomic E-state index is 0.397. The van der Waals surface area contributed by atoms with Gasteiger partial charge in [0.05, 0.1) is 11.1 Å². The molecule has 0 bridgehead atoms. The fourth-order valence-corrected chi connectivity index (χ4v) is 3.35. The van der Waals surface area contributed by atoms with Crippen LogP contribution in [0.1, 0.15) is 47.8 Å². The zero-order valence-electron chi connectivity index (χ0n) is 15.3. The molecule has 0 unspecified atom stereocenters. The van der Waals surface area contributed by atoms with Crippen LogP contribution in [0.2, 0.25) is 0 Å². The van der Waals surface area contributed by atoms with E-state index in [-0.39, 0.29) is 0 Å². The van der Waals surface area contributed by atoms with Crippen LogP contribution in [0.3, 0.4) is 0 Å². The number of urea groups is 1. The highest BCUT2D eigenvalue weighted by Gasteiger charge is 2.23. The second kappa shape index (κ2) is 8.62. The third-order valence-corrected chi connectivity index (χ3v) is 4.55. The minimum Gasteiger partial charge on any atom is -0.452 e. The van der Waals surface area contributed by atoms with Crippen molar-refractivity contribution in [3.8, 4) is 0 Å². The number of pyridine rings is 1. The number of carbonyl (C=O) groups excluding carboxylic acids is 3. The number of para-hydroxylation sites is 1. The Morgan fingerprint density at radius 1 is 1.11 bits per heavy atom. The number of nitrogens with zero attached hydrogens (tertiary/aromatic N) is 1. The molecule has 1 aliphatic rings. The largest absolute Gasteiger partial charge is 0.452 e. The molecule has 0 radical (unpaired) electrons. The summed E-state index contributed by atoms with van der Waals surface area (Å²) in [6.45, 7) is 1.62. The molecule has 27 heavy (non-hydrogen) atoms. The molecule has 3 rings (SSSR count). The van der Waals surface area contributed by atoms with Crippen molar-refractivity contribution in [3.05, 3.63) is 41.1 Å². The Balaban J connectivity index is 1.84. The van der Waals surface area contributed by atoms with Gasteiger partial charge in [0.25, 0.3) is 5.91 Å². The fraction of sp³-hybridized carbons (Fsp3) is 0.400. The molecule has 0 aliphatic heterocycles. The van der Waals surface area contributed by atoms with Gasteiger partial charge in [-0.05, 0) is 44.2 Å². The van der Waals surface area contributed by atoms with Gasteiger partial charge in [0.2, 0.25) is 0 Å². The fourth-order valence-electron chi connectivity index (χ4n) is 3.35. The number of aryl methyl sites for hydroxylation is 1. The van der Waals surface area contributed by atoms with Crippen LogP contribution >= 0.6 is 0 Å². The number of fused-ring (bicyclic) bond motifs is 2. The van der Waals surface area contributed by atoms with Gasteiger partial charge in [-0.3, -0.25) is 15.1 Å². The van der Waals surface area contributed by atoms with E-state index >= 15 is 0 Å². The molecule has 1 aromatic heterocycles. The molecule has 7 nitrogen and oxygen atoms in total. The molecule has 0 saturated carbocycles. The van der Waals surface area contributed by atoms with Crippen LogP contribution in [0.5, 0.6) is 0 Å². The van der Waals surface area contributed by atoms with Crippen molar-refractivity contribution in [2.75, 3.05) is 13.2 Å². The summed E-state index contributed by atoms with van der Waals surface area (Å²) in [7, 11) is 0. The van der Waals surface area contributed by atoms with Gasteiger partial charge in [-0.25, -0.2) is 9.59 Å². The molecular weight excluding hydrogens is 346 g/mol. The normalized spacial score (nSPS) is 13.4. The molecule has 3 amide bonds. The maximum atomic E-state index is 12.8. The Hall–Kier alpha value is -2.96. The summed E-state index contributed by atoms with van der Waals surface area (Å²) in [4.78, 5) is 40.8. The highest BCUT2D eigenvalue weighted by Crippen LogP contribution is 2.29. The van der Waals surface area contributed by atoms with Gasteiger partial charge in [-0.1, -0.05) is 24.6 Å². The van der Waals surface area contributed by atoms with E-state index in [1.54, 1.807) is 6.92 Å². The Kier molecular flexibility index (Phi) is 6.01. The number of aromatic nitrogens is 1. The average molecular weight is 369 g/mol. The van der Waals surface area contributed by atoms with E-state index in [1.807, 2.05) is 24.3 Å². The maximum Gasteiger partial charge on any atom is 0.339 e. The molecule has 0 atom stereocenters. The van der Waals surface area contributed by atoms with Crippen molar-refractivity contribution in [3.63, 3.8) is 0 Å². The van der Waals surface area contributed by atoms with Crippen LogP contribution in [0.4, 0.5) is 4.79 Å². The van der Waals surface area contributed by atoms with Crippen LogP contribution in [-0.2, 0) is 22.4 Å². The van der Waals surface area contributed by atoms with Gasteiger partial charge in [0, 0.05) is 17.6 Å². The summed E-state index contributed by atoms with van der Waals surface area (Å²) in [6.07, 6.45) is 4.73. The van der Waals surface area contributed by atoms with Gasteiger partial charge in [-0.2, -0.15) is 0 Å². The van der Waals surface area contributed by atoms with Crippen molar-refractivity contribution in [2.24, 2.45) is 0 Å². The number of amides is 3. The SMILES string of the molecule is CCNC(=O)NC(=O)COC(=O)c1c2c(nc3ccccc13)CCCCC2. The van der Waals surface area contributed by atoms with Gasteiger partial charge < -0.3 is 10.1 Å². The predicted octanol–water partition coefficient (Wildman–Crippen LogP) is 2.51. The van der Waals surface area contributed by atoms with E-state index in [1.165, 1.54) is 0 Å². The third kappa shape index (κ3) is 4.42. The van der Waals surface area contributed by atoms with Gasteiger partial charge in [-0.15, -0.1) is 0 Å². The van der Waals surface area contributed by atoms with Crippen LogP contribution in [0.15, 0.2) is 24.3 Å². The molecule has 2 N–H and O–H groups in total. The Morgan fingerprint density at radius 3 is 2.70 bits per heavy atom. The highest BCUT2D eigenvalue weighted by molar-refractivity contribution is 6.06. The third-order valence-electron chi connectivity index (χ3n) is 4.55. The van der Waals surface area contributed by atoms with Crippen molar-refractivity contribution in [2.45, 2.75) is 39.0 Å². The lowest BCUT2D eigenvalue weighted by molar-refractivity contribution is -0.123. The average Bonchev–Trinajstić information content (AvgIpc) is 2.89. The number of rotatable bonds is 4. The second-order valence-electron chi connectivity index (χ2n) is 6.47. The Morgan fingerprint density at radius 2 is 1.89 bits per heavy atom. The highest BCUT2D eigenvalue weighted by atomic mass is 16.5. The van der Waals surface area contributed by atoms with E-state index in [0.29, 0.717) is 12.1 Å². The maximum absolute atomic E-state index is 12.8. The first kappa shape index (κ1) is 18.8. The molecule has 142 valence electrons.